The molecule has 0 radical (unpaired) electrons. The first-order valence-corrected chi connectivity index (χ1v) is 19.3. The van der Waals surface area contributed by atoms with Crippen molar-refractivity contribution in [2.45, 2.75) is 110 Å². The molecule has 0 aromatic heterocycles. The van der Waals surface area contributed by atoms with E-state index in [4.69, 9.17) is 8.85 Å². The van der Waals surface area contributed by atoms with Crippen LogP contribution in [0, 0.1) is 40.4 Å². The Morgan fingerprint density at radius 1 is 0.867 bits per heavy atom. The van der Waals surface area contributed by atoms with E-state index < -0.39 is 16.6 Å². The molecule has 5 heteroatoms. The largest absolute Gasteiger partial charge is 0.393 e. The number of hydrogen-bond acceptors (Lipinski definition) is 3. The second-order valence-corrected chi connectivity index (χ2v) is 21.4. The van der Waals surface area contributed by atoms with Gasteiger partial charge in [-0.25, -0.2) is 0 Å². The van der Waals surface area contributed by atoms with E-state index in [9.17, 15) is 5.26 Å². The van der Waals surface area contributed by atoms with Crippen LogP contribution in [-0.2, 0) is 8.85 Å². The third-order valence-corrected chi connectivity index (χ3v) is 10.2. The zero-order valence-electron chi connectivity index (χ0n) is 20.2. The molecule has 0 aliphatic heterocycles. The zero-order valence-corrected chi connectivity index (χ0v) is 22.2. The van der Waals surface area contributed by atoms with Crippen molar-refractivity contribution in [1.82, 2.24) is 0 Å². The average molecular weight is 446 g/mol. The highest BCUT2D eigenvalue weighted by Gasteiger charge is 2.62. The predicted octanol–water partition coefficient (Wildman–Crippen LogP) is 7.24. The molecule has 2 unspecified atom stereocenters. The number of nitriles is 1. The second kappa shape index (κ2) is 8.17. The molecule has 4 aliphatic rings. The van der Waals surface area contributed by atoms with E-state index in [0.717, 1.165) is 18.8 Å². The van der Waals surface area contributed by atoms with Gasteiger partial charge in [-0.05, 0) is 115 Å². The fourth-order valence-electron chi connectivity index (χ4n) is 7.36. The van der Waals surface area contributed by atoms with Gasteiger partial charge in [-0.1, -0.05) is 17.6 Å². The summed E-state index contributed by atoms with van der Waals surface area (Å²) in [4.78, 5) is 0. The molecule has 0 spiro atoms. The molecule has 30 heavy (non-hydrogen) atoms. The summed E-state index contributed by atoms with van der Waals surface area (Å²) in [5, 5.41) is 10.2. The third-order valence-electron chi connectivity index (χ3n) is 8.36. The summed E-state index contributed by atoms with van der Waals surface area (Å²) >= 11 is 0. The van der Waals surface area contributed by atoms with Crippen molar-refractivity contribution in [1.29, 1.82) is 5.26 Å². The number of rotatable bonds is 5. The van der Waals surface area contributed by atoms with Gasteiger partial charge in [0.05, 0.1) is 12.0 Å². The lowest BCUT2D eigenvalue weighted by Gasteiger charge is -2.55. The second-order valence-electron chi connectivity index (χ2n) is 12.4. The van der Waals surface area contributed by atoms with Gasteiger partial charge in [0.15, 0.2) is 16.6 Å². The summed E-state index contributed by atoms with van der Waals surface area (Å²) in [6, 6.07) is 2.76. The Labute approximate surface area is 186 Å². The first kappa shape index (κ1) is 22.8. The molecule has 3 nitrogen and oxygen atoms in total. The molecule has 0 N–H and O–H groups in total. The van der Waals surface area contributed by atoms with Crippen molar-refractivity contribution in [3.8, 4) is 6.07 Å². The van der Waals surface area contributed by atoms with Crippen LogP contribution in [0.15, 0.2) is 11.1 Å². The summed E-state index contributed by atoms with van der Waals surface area (Å²) < 4.78 is 13.7. The molecule has 3 saturated carbocycles. The van der Waals surface area contributed by atoms with Crippen LogP contribution in [0.5, 0.6) is 0 Å². The highest BCUT2D eigenvalue weighted by atomic mass is 28.4. The Morgan fingerprint density at radius 3 is 2.20 bits per heavy atom. The Balaban J connectivity index is 1.74. The molecule has 4 rings (SSSR count). The molecule has 0 aromatic carbocycles. The zero-order chi connectivity index (χ0) is 21.7. The van der Waals surface area contributed by atoms with Crippen LogP contribution < -0.4 is 0 Å². The lowest BCUT2D eigenvalue weighted by atomic mass is 9.54. The Morgan fingerprint density at radius 2 is 1.57 bits per heavy atom. The minimum atomic E-state index is -1.81. The van der Waals surface area contributed by atoms with Crippen molar-refractivity contribution in [2.24, 2.45) is 29.1 Å². The number of allylic oxidation sites excluding steroid dienone is 2. The number of nitrogens with zero attached hydrogens (tertiary/aromatic N) is 1. The van der Waals surface area contributed by atoms with Crippen LogP contribution in [0.1, 0.15) is 64.2 Å². The molecular weight excluding hydrogens is 402 g/mol. The van der Waals surface area contributed by atoms with E-state index in [-0.39, 0.29) is 17.6 Å². The van der Waals surface area contributed by atoms with E-state index >= 15 is 0 Å². The Hall–Kier alpha value is -0.416. The molecule has 3 fully saturated rings. The van der Waals surface area contributed by atoms with Gasteiger partial charge in [-0.2, -0.15) is 5.26 Å². The Kier molecular flexibility index (Phi) is 6.20. The molecule has 5 atom stereocenters. The highest BCUT2D eigenvalue weighted by molar-refractivity contribution is 6.70. The van der Waals surface area contributed by atoms with Crippen molar-refractivity contribution in [3.05, 3.63) is 11.1 Å². The normalized spacial score (nSPS) is 36.9. The van der Waals surface area contributed by atoms with E-state index in [0.29, 0.717) is 11.8 Å². The van der Waals surface area contributed by atoms with Gasteiger partial charge in [-0.3, -0.25) is 0 Å². The molecular formula is C25H43NO2Si2. The fourth-order valence-corrected chi connectivity index (χ4v) is 9.28. The SMILES string of the molecule is C[Si](C)(C)OC(O[Si](C)(C)C)[C@]12CCC3=C4CCCCC4CC[C@H]3[C@@H]1CCC2C#N. The third kappa shape index (κ3) is 4.14. The Bertz CT molecular complexity index is 713. The molecule has 0 saturated heterocycles. The minimum absolute atomic E-state index is 0.0795. The fraction of sp³-hybridized carbons (Fsp3) is 0.880. The molecule has 0 aromatic rings. The molecule has 0 heterocycles. The van der Waals surface area contributed by atoms with Crippen LogP contribution in [0.2, 0.25) is 39.3 Å². The van der Waals surface area contributed by atoms with Gasteiger partial charge in [0, 0.05) is 5.41 Å². The smallest absolute Gasteiger partial charge is 0.187 e. The van der Waals surface area contributed by atoms with Gasteiger partial charge in [0.25, 0.3) is 0 Å². The molecule has 0 bridgehead atoms. The van der Waals surface area contributed by atoms with Crippen molar-refractivity contribution < 1.29 is 8.85 Å². The highest BCUT2D eigenvalue weighted by Crippen LogP contribution is 2.65. The van der Waals surface area contributed by atoms with Crippen LogP contribution in [0.25, 0.3) is 0 Å². The van der Waals surface area contributed by atoms with Crippen molar-refractivity contribution >= 4 is 16.6 Å². The van der Waals surface area contributed by atoms with E-state index in [1.165, 1.54) is 51.4 Å². The minimum Gasteiger partial charge on any atom is -0.393 e. The average Bonchev–Trinajstić information content (AvgIpc) is 3.05. The summed E-state index contributed by atoms with van der Waals surface area (Å²) in [5.41, 5.74) is 3.57. The van der Waals surface area contributed by atoms with Crippen molar-refractivity contribution in [2.75, 3.05) is 0 Å². The van der Waals surface area contributed by atoms with Crippen LogP contribution in [0.4, 0.5) is 0 Å². The van der Waals surface area contributed by atoms with Gasteiger partial charge in [-0.15, -0.1) is 0 Å². The summed E-state index contributed by atoms with van der Waals surface area (Å²) in [6.07, 6.45) is 12.6. The number of hydrogen-bond donors (Lipinski definition) is 0. The maximum atomic E-state index is 10.2. The number of fused-ring (bicyclic) bond motifs is 4. The van der Waals surface area contributed by atoms with Crippen molar-refractivity contribution in [3.63, 3.8) is 0 Å². The van der Waals surface area contributed by atoms with Gasteiger partial charge < -0.3 is 8.85 Å². The topological polar surface area (TPSA) is 42.2 Å². The standard InChI is InChI=1S/C25H43NO2Si2/c1-29(2,3)27-24(28-30(4,5)6)25-16-15-21-20-10-8-7-9-18(20)11-13-22(21)23(25)14-12-19(25)17-26/h18-19,22-24H,7-16H2,1-6H3/t18?,19?,22-,23+,25+/m1/s1. The van der Waals surface area contributed by atoms with Crippen LogP contribution in [-0.4, -0.2) is 22.9 Å². The first-order valence-electron chi connectivity index (χ1n) is 12.5. The van der Waals surface area contributed by atoms with Gasteiger partial charge in [0.2, 0.25) is 0 Å². The summed E-state index contributed by atoms with van der Waals surface area (Å²) in [6.45, 7) is 13.7. The quantitative estimate of drug-likeness (QED) is 0.254. The van der Waals surface area contributed by atoms with Gasteiger partial charge in [0.1, 0.15) is 6.29 Å². The monoisotopic (exact) mass is 445 g/mol. The maximum Gasteiger partial charge on any atom is 0.187 e. The lowest BCUT2D eigenvalue weighted by molar-refractivity contribution is -0.155. The summed E-state index contributed by atoms with van der Waals surface area (Å²) in [7, 11) is -3.61. The van der Waals surface area contributed by atoms with Gasteiger partial charge >= 0.3 is 0 Å². The lowest BCUT2D eigenvalue weighted by Crippen LogP contribution is -2.56. The maximum absolute atomic E-state index is 10.2. The van der Waals surface area contributed by atoms with E-state index in [1.54, 1.807) is 0 Å². The summed E-state index contributed by atoms with van der Waals surface area (Å²) in [5.74, 6) is 2.20. The van der Waals surface area contributed by atoms with Crippen LogP contribution >= 0.6 is 0 Å². The van der Waals surface area contributed by atoms with E-state index in [2.05, 4.69) is 45.4 Å². The molecule has 168 valence electrons. The van der Waals surface area contributed by atoms with Crippen LogP contribution in [0.3, 0.4) is 0 Å². The molecule has 4 aliphatic carbocycles. The first-order chi connectivity index (χ1) is 14.0. The predicted molar refractivity (Wildman–Crippen MR) is 128 cm³/mol. The van der Waals surface area contributed by atoms with E-state index in [1.807, 2.05) is 11.1 Å². The molecule has 0 amide bonds.